The number of hydrogen-bond acceptors (Lipinski definition) is 1. The highest BCUT2D eigenvalue weighted by atomic mass is 16.1. The van der Waals surface area contributed by atoms with Crippen molar-refractivity contribution in [3.05, 3.63) is 12.7 Å². The van der Waals surface area contributed by atoms with Gasteiger partial charge in [-0.2, -0.15) is 0 Å². The Kier molecular flexibility index (Phi) is 3.02. The number of hydrogen-bond donors (Lipinski definition) is 1. The van der Waals surface area contributed by atoms with Crippen LogP contribution in [0.25, 0.3) is 0 Å². The molecule has 0 unspecified atom stereocenters. The molecule has 1 radical (unpaired) electrons. The molecule has 0 atom stereocenters. The minimum Gasteiger partial charge on any atom is -0.352 e. The first-order valence-corrected chi connectivity index (χ1v) is 2.12. The molecular weight excluding hydrogens is 90.1 g/mol. The lowest BCUT2D eigenvalue weighted by Gasteiger charge is -1.89. The van der Waals surface area contributed by atoms with Gasteiger partial charge in [-0.3, -0.25) is 4.79 Å². The van der Waals surface area contributed by atoms with E-state index in [0.29, 0.717) is 6.54 Å². The molecule has 0 rings (SSSR count). The van der Waals surface area contributed by atoms with Gasteiger partial charge in [-0.25, -0.2) is 0 Å². The van der Waals surface area contributed by atoms with Crippen LogP contribution in [0, 0.1) is 6.08 Å². The zero-order valence-electron chi connectivity index (χ0n) is 4.32. The quantitative estimate of drug-likeness (QED) is 0.488. The third-order valence-electron chi connectivity index (χ3n) is 0.498. The molecular formula is C5H8NO. The summed E-state index contributed by atoms with van der Waals surface area (Å²) in [4.78, 5) is 10.1. The lowest BCUT2D eigenvalue weighted by molar-refractivity contribution is -0.117. The average Bonchev–Trinajstić information content (AvgIpc) is 1.68. The summed E-state index contributed by atoms with van der Waals surface area (Å²) >= 11 is 0. The van der Waals surface area contributed by atoms with Gasteiger partial charge in [0.2, 0.25) is 0 Å². The van der Waals surface area contributed by atoms with Gasteiger partial charge in [0.05, 0.1) is 0 Å². The Bertz CT molecular complexity index is 78.1. The normalized spacial score (nSPS) is 7.57. The Labute approximate surface area is 43.2 Å². The zero-order valence-corrected chi connectivity index (χ0v) is 4.32. The van der Waals surface area contributed by atoms with E-state index in [1.165, 1.54) is 0 Å². The van der Waals surface area contributed by atoms with E-state index in [2.05, 4.69) is 18.0 Å². The summed E-state index contributed by atoms with van der Waals surface area (Å²) in [6.45, 7) is 5.62. The number of carbonyl (C=O) groups is 1. The second-order valence-electron chi connectivity index (χ2n) is 1.04. The molecule has 1 N–H and O–H groups in total. The fraction of sp³-hybridized carbons (Fsp3) is 0.400. The van der Waals surface area contributed by atoms with Crippen molar-refractivity contribution in [2.45, 2.75) is 6.92 Å². The van der Waals surface area contributed by atoms with E-state index in [-0.39, 0.29) is 5.91 Å². The van der Waals surface area contributed by atoms with Crippen LogP contribution in [0.1, 0.15) is 6.92 Å². The van der Waals surface area contributed by atoms with Crippen LogP contribution in [0.4, 0.5) is 0 Å². The molecule has 39 valence electrons. The lowest BCUT2D eigenvalue weighted by atomic mass is 10.6. The SMILES string of the molecule is C=[C]C(=O)NCC. The summed E-state index contributed by atoms with van der Waals surface area (Å²) in [5, 5.41) is 2.48. The Morgan fingerprint density at radius 2 is 2.57 bits per heavy atom. The monoisotopic (exact) mass is 98.1 g/mol. The molecule has 0 saturated carbocycles. The van der Waals surface area contributed by atoms with E-state index >= 15 is 0 Å². The van der Waals surface area contributed by atoms with Crippen LogP contribution in [-0.2, 0) is 4.79 Å². The summed E-state index contributed by atoms with van der Waals surface area (Å²) in [5.41, 5.74) is 0. The molecule has 7 heavy (non-hydrogen) atoms. The van der Waals surface area contributed by atoms with Crippen molar-refractivity contribution in [2.75, 3.05) is 6.54 Å². The van der Waals surface area contributed by atoms with Crippen molar-refractivity contribution in [1.82, 2.24) is 5.32 Å². The molecule has 0 aliphatic heterocycles. The molecule has 0 heterocycles. The van der Waals surface area contributed by atoms with Gasteiger partial charge in [-0.05, 0) is 6.92 Å². The third-order valence-corrected chi connectivity index (χ3v) is 0.498. The molecule has 0 aliphatic carbocycles. The minimum absolute atomic E-state index is 0.234. The van der Waals surface area contributed by atoms with E-state index in [9.17, 15) is 4.79 Å². The van der Waals surface area contributed by atoms with Crippen molar-refractivity contribution in [1.29, 1.82) is 0 Å². The Morgan fingerprint density at radius 1 is 2.00 bits per heavy atom. The molecule has 2 nitrogen and oxygen atoms in total. The van der Waals surface area contributed by atoms with Gasteiger partial charge in [-0.1, -0.05) is 6.58 Å². The van der Waals surface area contributed by atoms with Crippen LogP contribution >= 0.6 is 0 Å². The first kappa shape index (κ1) is 6.21. The van der Waals surface area contributed by atoms with E-state index < -0.39 is 0 Å². The largest absolute Gasteiger partial charge is 0.352 e. The molecule has 0 fully saturated rings. The van der Waals surface area contributed by atoms with E-state index in [0.717, 1.165) is 0 Å². The summed E-state index contributed by atoms with van der Waals surface area (Å²) in [6.07, 6.45) is 2.17. The number of amides is 1. The van der Waals surface area contributed by atoms with Gasteiger partial charge in [-0.15, -0.1) is 0 Å². The predicted octanol–water partition coefficient (Wildman–Crippen LogP) is 0.112. The van der Waals surface area contributed by atoms with Gasteiger partial charge < -0.3 is 5.32 Å². The first-order chi connectivity index (χ1) is 3.31. The van der Waals surface area contributed by atoms with Crippen molar-refractivity contribution in [2.24, 2.45) is 0 Å². The highest BCUT2D eigenvalue weighted by Crippen LogP contribution is 1.59. The maximum Gasteiger partial charge on any atom is 0.251 e. The molecule has 0 aromatic heterocycles. The van der Waals surface area contributed by atoms with E-state index in [4.69, 9.17) is 0 Å². The highest BCUT2D eigenvalue weighted by Gasteiger charge is 1.84. The topological polar surface area (TPSA) is 29.1 Å². The lowest BCUT2D eigenvalue weighted by Crippen LogP contribution is -2.19. The van der Waals surface area contributed by atoms with E-state index in [1.54, 1.807) is 0 Å². The highest BCUT2D eigenvalue weighted by molar-refractivity contribution is 5.82. The van der Waals surface area contributed by atoms with Crippen LogP contribution in [0.5, 0.6) is 0 Å². The summed E-state index contributed by atoms with van der Waals surface area (Å²) in [6, 6.07) is 0. The van der Waals surface area contributed by atoms with Crippen LogP contribution in [0.15, 0.2) is 6.58 Å². The summed E-state index contributed by atoms with van der Waals surface area (Å²) in [5.74, 6) is -0.234. The smallest absolute Gasteiger partial charge is 0.251 e. The summed E-state index contributed by atoms with van der Waals surface area (Å²) < 4.78 is 0. The van der Waals surface area contributed by atoms with Crippen molar-refractivity contribution in [3.8, 4) is 0 Å². The second-order valence-corrected chi connectivity index (χ2v) is 1.04. The standard InChI is InChI=1S/C5H8NO/c1-3-5(7)6-4-2/h1,4H2,2H3,(H,6,7). The minimum atomic E-state index is -0.234. The Hall–Kier alpha value is -0.790. The second kappa shape index (κ2) is 3.40. The maximum absolute atomic E-state index is 10.1. The molecule has 0 aromatic rings. The number of likely N-dealkylation sites (N-methyl/N-ethyl adjacent to an activating group) is 1. The molecule has 0 spiro atoms. The molecule has 0 aromatic carbocycles. The first-order valence-electron chi connectivity index (χ1n) is 2.12. The fourth-order valence-electron chi connectivity index (χ4n) is 0.223. The number of carbonyl (C=O) groups excluding carboxylic acids is 1. The van der Waals surface area contributed by atoms with Crippen molar-refractivity contribution in [3.63, 3.8) is 0 Å². The van der Waals surface area contributed by atoms with Gasteiger partial charge in [0.25, 0.3) is 5.91 Å². The molecule has 0 bridgehead atoms. The average molecular weight is 98.1 g/mol. The van der Waals surface area contributed by atoms with E-state index in [1.807, 2.05) is 6.92 Å². The Morgan fingerprint density at radius 3 is 2.71 bits per heavy atom. The van der Waals surface area contributed by atoms with Crippen molar-refractivity contribution >= 4 is 5.91 Å². The molecule has 0 saturated heterocycles. The van der Waals surface area contributed by atoms with Gasteiger partial charge in [0.15, 0.2) is 0 Å². The van der Waals surface area contributed by atoms with Crippen LogP contribution in [0.2, 0.25) is 0 Å². The number of rotatable bonds is 2. The fourth-order valence-corrected chi connectivity index (χ4v) is 0.223. The summed E-state index contributed by atoms with van der Waals surface area (Å²) in [7, 11) is 0. The zero-order chi connectivity index (χ0) is 5.70. The third kappa shape index (κ3) is 3.03. The van der Waals surface area contributed by atoms with Crippen LogP contribution < -0.4 is 5.32 Å². The number of nitrogens with one attached hydrogen (secondary N) is 1. The van der Waals surface area contributed by atoms with Gasteiger partial charge in [0.1, 0.15) is 0 Å². The maximum atomic E-state index is 10.1. The Balaban J connectivity index is 3.17. The predicted molar refractivity (Wildman–Crippen MR) is 27.6 cm³/mol. The molecule has 1 amide bonds. The molecule has 2 heteroatoms. The van der Waals surface area contributed by atoms with Crippen LogP contribution in [0.3, 0.4) is 0 Å². The van der Waals surface area contributed by atoms with Crippen LogP contribution in [-0.4, -0.2) is 12.5 Å². The van der Waals surface area contributed by atoms with Gasteiger partial charge in [0, 0.05) is 12.6 Å². The molecule has 0 aliphatic rings. The van der Waals surface area contributed by atoms with Gasteiger partial charge >= 0.3 is 0 Å². The van der Waals surface area contributed by atoms with Crippen molar-refractivity contribution < 1.29 is 4.79 Å².